The molecule has 3 rings (SSSR count). The van der Waals surface area contributed by atoms with Gasteiger partial charge in [-0.05, 0) is 42.7 Å². The molecule has 0 heterocycles. The van der Waals surface area contributed by atoms with Crippen LogP contribution in [0.15, 0.2) is 48.5 Å². The van der Waals surface area contributed by atoms with Crippen molar-refractivity contribution in [3.05, 3.63) is 59.9 Å². The van der Waals surface area contributed by atoms with E-state index >= 15 is 0 Å². The largest absolute Gasteiger partial charge is 0.495 e. The first-order valence-electron chi connectivity index (χ1n) is 7.62. The Hall–Kier alpha value is -2.56. The molecular weight excluding hydrogens is 295 g/mol. The molecule has 1 aliphatic rings. The van der Waals surface area contributed by atoms with E-state index in [1.165, 1.54) is 12.1 Å². The summed E-state index contributed by atoms with van der Waals surface area (Å²) in [7, 11) is 1.57. The second-order valence-corrected chi connectivity index (χ2v) is 5.62. The Morgan fingerprint density at radius 1 is 1.22 bits per heavy atom. The van der Waals surface area contributed by atoms with Crippen LogP contribution in [0.5, 0.6) is 5.75 Å². The lowest BCUT2D eigenvalue weighted by molar-refractivity contribution is 0.206. The number of halogens is 1. The van der Waals surface area contributed by atoms with Gasteiger partial charge in [0.15, 0.2) is 0 Å². The Morgan fingerprint density at radius 3 is 2.57 bits per heavy atom. The molecule has 0 saturated heterocycles. The standard InChI is InChI=1S/C18H19FN2O2/c1-23-17-5-3-2-4-16(17)20-18(22)21(15-10-11-15)12-13-6-8-14(19)9-7-13/h2-9,15H,10-12H2,1H3,(H,20,22). The van der Waals surface area contributed by atoms with E-state index in [9.17, 15) is 9.18 Å². The number of rotatable bonds is 5. The Balaban J connectivity index is 1.73. The summed E-state index contributed by atoms with van der Waals surface area (Å²) in [6.45, 7) is 0.464. The Bertz CT molecular complexity index is 684. The zero-order valence-electron chi connectivity index (χ0n) is 13.0. The number of hydrogen-bond donors (Lipinski definition) is 1. The summed E-state index contributed by atoms with van der Waals surface area (Å²) in [5.74, 6) is 0.351. The highest BCUT2D eigenvalue weighted by Gasteiger charge is 2.32. The van der Waals surface area contributed by atoms with Gasteiger partial charge in [-0.2, -0.15) is 0 Å². The second-order valence-electron chi connectivity index (χ2n) is 5.62. The summed E-state index contributed by atoms with van der Waals surface area (Å²) in [5.41, 5.74) is 1.55. The fraction of sp³-hybridized carbons (Fsp3) is 0.278. The Kier molecular flexibility index (Phi) is 4.46. The van der Waals surface area contributed by atoms with E-state index in [0.29, 0.717) is 18.0 Å². The maximum atomic E-state index is 13.0. The van der Waals surface area contributed by atoms with Crippen LogP contribution in [-0.4, -0.2) is 24.1 Å². The maximum Gasteiger partial charge on any atom is 0.322 e. The van der Waals surface area contributed by atoms with Gasteiger partial charge < -0.3 is 15.0 Å². The van der Waals surface area contributed by atoms with Gasteiger partial charge in [-0.3, -0.25) is 0 Å². The number of methoxy groups -OCH3 is 1. The van der Waals surface area contributed by atoms with Crippen LogP contribution in [0.1, 0.15) is 18.4 Å². The highest BCUT2D eigenvalue weighted by molar-refractivity contribution is 5.91. The van der Waals surface area contributed by atoms with Crippen molar-refractivity contribution in [3.63, 3.8) is 0 Å². The minimum absolute atomic E-state index is 0.165. The average Bonchev–Trinajstić information content (AvgIpc) is 3.39. The van der Waals surface area contributed by atoms with Crippen LogP contribution in [0.25, 0.3) is 0 Å². The highest BCUT2D eigenvalue weighted by atomic mass is 19.1. The van der Waals surface area contributed by atoms with Gasteiger partial charge in [0.1, 0.15) is 11.6 Å². The summed E-state index contributed by atoms with van der Waals surface area (Å²) in [6, 6.07) is 13.6. The SMILES string of the molecule is COc1ccccc1NC(=O)N(Cc1ccc(F)cc1)C1CC1. The van der Waals surface area contributed by atoms with Crippen LogP contribution in [0.4, 0.5) is 14.9 Å². The first kappa shape index (κ1) is 15.3. The third-order valence-electron chi connectivity index (χ3n) is 3.86. The lowest BCUT2D eigenvalue weighted by Gasteiger charge is -2.23. The normalized spacial score (nSPS) is 13.5. The van der Waals surface area contributed by atoms with Gasteiger partial charge >= 0.3 is 6.03 Å². The molecule has 0 spiro atoms. The third-order valence-corrected chi connectivity index (χ3v) is 3.86. The van der Waals surface area contributed by atoms with Crippen LogP contribution in [-0.2, 0) is 6.54 Å². The highest BCUT2D eigenvalue weighted by Crippen LogP contribution is 2.30. The number of hydrogen-bond acceptors (Lipinski definition) is 2. The molecule has 0 radical (unpaired) electrons. The van der Waals surface area contributed by atoms with Crippen LogP contribution in [0.2, 0.25) is 0 Å². The molecule has 1 fully saturated rings. The number of carbonyl (C=O) groups excluding carboxylic acids is 1. The molecule has 0 bridgehead atoms. The van der Waals surface area contributed by atoms with Gasteiger partial charge in [-0.15, -0.1) is 0 Å². The number of urea groups is 1. The predicted octanol–water partition coefficient (Wildman–Crippen LogP) is 4.03. The van der Waals surface area contributed by atoms with Gasteiger partial charge in [0.2, 0.25) is 0 Å². The number of nitrogens with one attached hydrogen (secondary N) is 1. The van der Waals surface area contributed by atoms with Crippen molar-refractivity contribution in [1.82, 2.24) is 4.90 Å². The summed E-state index contributed by atoms with van der Waals surface area (Å²) in [4.78, 5) is 14.4. The van der Waals surface area contributed by atoms with Crippen molar-refractivity contribution in [1.29, 1.82) is 0 Å². The van der Waals surface area contributed by atoms with Gasteiger partial charge in [-0.25, -0.2) is 9.18 Å². The molecule has 23 heavy (non-hydrogen) atoms. The Labute approximate surface area is 134 Å². The monoisotopic (exact) mass is 314 g/mol. The fourth-order valence-corrected chi connectivity index (χ4v) is 2.47. The van der Waals surface area contributed by atoms with E-state index in [1.807, 2.05) is 12.1 Å². The van der Waals surface area contributed by atoms with Crippen molar-refractivity contribution < 1.29 is 13.9 Å². The van der Waals surface area contributed by atoms with E-state index in [0.717, 1.165) is 18.4 Å². The first-order valence-corrected chi connectivity index (χ1v) is 7.62. The summed E-state index contributed by atoms with van der Waals surface area (Å²) in [6.07, 6.45) is 2.00. The van der Waals surface area contributed by atoms with Crippen molar-refractivity contribution >= 4 is 11.7 Å². The van der Waals surface area contributed by atoms with Crippen molar-refractivity contribution in [3.8, 4) is 5.75 Å². The molecule has 1 N–H and O–H groups in total. The minimum Gasteiger partial charge on any atom is -0.495 e. The number of carbonyl (C=O) groups is 1. The summed E-state index contributed by atoms with van der Waals surface area (Å²) < 4.78 is 18.3. The molecule has 120 valence electrons. The van der Waals surface area contributed by atoms with Crippen LogP contribution < -0.4 is 10.1 Å². The molecule has 1 aliphatic carbocycles. The number of benzene rings is 2. The molecule has 0 atom stereocenters. The molecule has 2 amide bonds. The third kappa shape index (κ3) is 3.80. The smallest absolute Gasteiger partial charge is 0.322 e. The van der Waals surface area contributed by atoms with Gasteiger partial charge in [0.25, 0.3) is 0 Å². The zero-order chi connectivity index (χ0) is 16.2. The van der Waals surface area contributed by atoms with Crippen molar-refractivity contribution in [2.45, 2.75) is 25.4 Å². The van der Waals surface area contributed by atoms with Gasteiger partial charge in [-0.1, -0.05) is 24.3 Å². The van der Waals surface area contributed by atoms with Crippen molar-refractivity contribution in [2.24, 2.45) is 0 Å². The number of ether oxygens (including phenoxy) is 1. The number of amides is 2. The summed E-state index contributed by atoms with van der Waals surface area (Å²) >= 11 is 0. The van der Waals surface area contributed by atoms with Crippen LogP contribution in [0.3, 0.4) is 0 Å². The zero-order valence-corrected chi connectivity index (χ0v) is 13.0. The molecular formula is C18H19FN2O2. The molecule has 0 aromatic heterocycles. The average molecular weight is 314 g/mol. The topological polar surface area (TPSA) is 41.6 Å². The predicted molar refractivity (Wildman–Crippen MR) is 87.0 cm³/mol. The van der Waals surface area contributed by atoms with E-state index in [1.54, 1.807) is 36.3 Å². The lowest BCUT2D eigenvalue weighted by atomic mass is 10.2. The fourth-order valence-electron chi connectivity index (χ4n) is 2.47. The van der Waals surface area contributed by atoms with E-state index in [4.69, 9.17) is 4.74 Å². The van der Waals surface area contributed by atoms with E-state index < -0.39 is 0 Å². The van der Waals surface area contributed by atoms with Gasteiger partial charge in [0.05, 0.1) is 12.8 Å². The second kappa shape index (κ2) is 6.69. The molecule has 0 aliphatic heterocycles. The van der Waals surface area contributed by atoms with Crippen LogP contribution >= 0.6 is 0 Å². The summed E-state index contributed by atoms with van der Waals surface area (Å²) in [5, 5.41) is 2.90. The number of anilines is 1. The lowest BCUT2D eigenvalue weighted by Crippen LogP contribution is -2.36. The number of para-hydroxylation sites is 2. The molecule has 1 saturated carbocycles. The maximum absolute atomic E-state index is 13.0. The first-order chi connectivity index (χ1) is 11.2. The Morgan fingerprint density at radius 2 is 1.91 bits per heavy atom. The molecule has 2 aromatic carbocycles. The van der Waals surface area contributed by atoms with Crippen LogP contribution in [0, 0.1) is 5.82 Å². The number of nitrogens with zero attached hydrogens (tertiary/aromatic N) is 1. The van der Waals surface area contributed by atoms with Gasteiger partial charge in [0, 0.05) is 12.6 Å². The molecule has 5 heteroatoms. The van der Waals surface area contributed by atoms with E-state index in [2.05, 4.69) is 5.32 Å². The van der Waals surface area contributed by atoms with Crippen molar-refractivity contribution in [2.75, 3.05) is 12.4 Å². The molecule has 0 unspecified atom stereocenters. The molecule has 2 aromatic rings. The minimum atomic E-state index is -0.273. The molecule has 4 nitrogen and oxygen atoms in total. The van der Waals surface area contributed by atoms with E-state index in [-0.39, 0.29) is 17.9 Å². The quantitative estimate of drug-likeness (QED) is 0.905.